The van der Waals surface area contributed by atoms with Gasteiger partial charge < -0.3 is 23.8 Å². The number of aromatic nitrogens is 1. The van der Waals surface area contributed by atoms with E-state index in [4.69, 9.17) is 18.9 Å². The molecule has 0 atom stereocenters. The molecular weight excluding hydrogens is 428 g/mol. The highest BCUT2D eigenvalue weighted by Gasteiger charge is 2.27. The van der Waals surface area contributed by atoms with E-state index >= 15 is 0 Å². The van der Waals surface area contributed by atoms with Crippen LogP contribution in [0.25, 0.3) is 0 Å². The minimum atomic E-state index is -0.702. The second-order valence-corrected chi connectivity index (χ2v) is 6.52. The van der Waals surface area contributed by atoms with Gasteiger partial charge in [-0.15, -0.1) is 0 Å². The van der Waals surface area contributed by atoms with Crippen molar-refractivity contribution in [1.82, 2.24) is 4.98 Å². The maximum absolute atomic E-state index is 12.5. The van der Waals surface area contributed by atoms with Gasteiger partial charge in [-0.2, -0.15) is 0 Å². The standard InChI is InChI=1S/C24H22N2O7/c1-4-32-22(27)16-12-13-25-20(15-16)33-18-10-8-17(9-11-18)26-14-6-5-7-19(23(28)30-2)21(26)24(29)31-3/h5-15H,4H2,1-3H3. The first-order chi connectivity index (χ1) is 16.0. The van der Waals surface area contributed by atoms with Gasteiger partial charge in [0, 0.05) is 24.2 Å². The number of pyridine rings is 1. The zero-order chi connectivity index (χ0) is 23.8. The summed E-state index contributed by atoms with van der Waals surface area (Å²) in [7, 11) is 2.47. The molecule has 3 rings (SSSR count). The topological polar surface area (TPSA) is 104 Å². The van der Waals surface area contributed by atoms with Gasteiger partial charge in [-0.05, 0) is 49.4 Å². The van der Waals surface area contributed by atoms with Crippen molar-refractivity contribution in [2.75, 3.05) is 25.7 Å². The lowest BCUT2D eigenvalue weighted by Gasteiger charge is -2.23. The number of hydrogen-bond acceptors (Lipinski definition) is 9. The van der Waals surface area contributed by atoms with Gasteiger partial charge in [0.25, 0.3) is 0 Å². The monoisotopic (exact) mass is 450 g/mol. The van der Waals surface area contributed by atoms with E-state index in [9.17, 15) is 14.4 Å². The van der Waals surface area contributed by atoms with Crippen molar-refractivity contribution >= 4 is 23.6 Å². The van der Waals surface area contributed by atoms with Crippen molar-refractivity contribution in [3.63, 3.8) is 0 Å². The SMILES string of the molecule is CCOC(=O)c1ccnc(Oc2ccc(N3C=CC=CC(C(=O)OC)=C3C(=O)OC)cc2)c1. The highest BCUT2D eigenvalue weighted by atomic mass is 16.5. The Morgan fingerprint density at radius 3 is 2.33 bits per heavy atom. The molecule has 0 bridgehead atoms. The predicted molar refractivity (Wildman–Crippen MR) is 119 cm³/mol. The van der Waals surface area contributed by atoms with E-state index in [-0.39, 0.29) is 23.8 Å². The molecular formula is C24H22N2O7. The van der Waals surface area contributed by atoms with Crippen LogP contribution in [0.15, 0.2) is 78.3 Å². The number of carbonyl (C=O) groups is 3. The van der Waals surface area contributed by atoms with Crippen LogP contribution in [0, 0.1) is 0 Å². The average molecular weight is 450 g/mol. The summed E-state index contributed by atoms with van der Waals surface area (Å²) in [5.74, 6) is -1.18. The zero-order valence-corrected chi connectivity index (χ0v) is 18.3. The summed E-state index contributed by atoms with van der Waals surface area (Å²) in [5.41, 5.74) is 0.947. The van der Waals surface area contributed by atoms with Gasteiger partial charge in [-0.1, -0.05) is 6.08 Å². The van der Waals surface area contributed by atoms with Crippen LogP contribution in [-0.4, -0.2) is 43.7 Å². The van der Waals surface area contributed by atoms with Crippen LogP contribution in [0.3, 0.4) is 0 Å². The van der Waals surface area contributed by atoms with Gasteiger partial charge in [0.2, 0.25) is 5.88 Å². The Morgan fingerprint density at radius 1 is 0.939 bits per heavy atom. The molecule has 1 aliphatic rings. The molecule has 0 amide bonds. The van der Waals surface area contributed by atoms with Crippen LogP contribution in [-0.2, 0) is 23.8 Å². The molecule has 2 aromatic rings. The van der Waals surface area contributed by atoms with Gasteiger partial charge in [-0.25, -0.2) is 19.4 Å². The largest absolute Gasteiger partial charge is 0.465 e. The number of esters is 3. The number of methoxy groups -OCH3 is 2. The third kappa shape index (κ3) is 5.45. The van der Waals surface area contributed by atoms with E-state index in [2.05, 4.69) is 4.98 Å². The van der Waals surface area contributed by atoms with Gasteiger partial charge in [0.15, 0.2) is 0 Å². The van der Waals surface area contributed by atoms with E-state index in [0.29, 0.717) is 17.0 Å². The van der Waals surface area contributed by atoms with Gasteiger partial charge >= 0.3 is 17.9 Å². The summed E-state index contributed by atoms with van der Waals surface area (Å²) in [6.07, 6.45) is 7.85. The molecule has 0 fully saturated rings. The smallest absolute Gasteiger partial charge is 0.355 e. The Labute approximate surface area is 190 Å². The summed E-state index contributed by atoms with van der Waals surface area (Å²) in [6, 6.07) is 9.72. The number of carbonyl (C=O) groups excluding carboxylic acids is 3. The molecule has 33 heavy (non-hydrogen) atoms. The summed E-state index contributed by atoms with van der Waals surface area (Å²) >= 11 is 0. The lowest BCUT2D eigenvalue weighted by atomic mass is 10.1. The van der Waals surface area contributed by atoms with E-state index in [0.717, 1.165) is 0 Å². The van der Waals surface area contributed by atoms with E-state index in [1.54, 1.807) is 49.5 Å². The van der Waals surface area contributed by atoms with Crippen molar-refractivity contribution in [1.29, 1.82) is 0 Å². The molecule has 1 aromatic carbocycles. The second kappa shape index (κ2) is 10.8. The van der Waals surface area contributed by atoms with Gasteiger partial charge in [0.1, 0.15) is 11.4 Å². The van der Waals surface area contributed by atoms with Crippen molar-refractivity contribution in [3.8, 4) is 11.6 Å². The van der Waals surface area contributed by atoms with Crippen LogP contribution >= 0.6 is 0 Å². The van der Waals surface area contributed by atoms with Crippen LogP contribution in [0.5, 0.6) is 11.6 Å². The Bertz CT molecular complexity index is 1130. The number of nitrogens with zero attached hydrogens (tertiary/aromatic N) is 2. The minimum Gasteiger partial charge on any atom is -0.465 e. The average Bonchev–Trinajstić information content (AvgIpc) is 3.07. The molecule has 0 saturated heterocycles. The second-order valence-electron chi connectivity index (χ2n) is 6.52. The Balaban J connectivity index is 1.88. The molecule has 9 heteroatoms. The summed E-state index contributed by atoms with van der Waals surface area (Å²) in [5, 5.41) is 0. The molecule has 0 N–H and O–H groups in total. The quantitative estimate of drug-likeness (QED) is 0.463. The van der Waals surface area contributed by atoms with Crippen molar-refractivity contribution in [3.05, 3.63) is 83.9 Å². The number of hydrogen-bond donors (Lipinski definition) is 0. The van der Waals surface area contributed by atoms with Gasteiger partial charge in [-0.3, -0.25) is 0 Å². The summed E-state index contributed by atoms with van der Waals surface area (Å²) in [6.45, 7) is 1.99. The molecule has 0 unspecified atom stereocenters. The molecule has 2 heterocycles. The van der Waals surface area contributed by atoms with Crippen LogP contribution in [0.4, 0.5) is 5.69 Å². The van der Waals surface area contributed by atoms with Crippen LogP contribution in [0.2, 0.25) is 0 Å². The molecule has 170 valence electrons. The lowest BCUT2D eigenvalue weighted by Crippen LogP contribution is -2.26. The number of ether oxygens (including phenoxy) is 4. The summed E-state index contributed by atoms with van der Waals surface area (Å²) < 4.78 is 20.4. The fourth-order valence-electron chi connectivity index (χ4n) is 2.97. The number of rotatable bonds is 7. The first-order valence-corrected chi connectivity index (χ1v) is 9.94. The fourth-order valence-corrected chi connectivity index (χ4v) is 2.97. The van der Waals surface area contributed by atoms with E-state index in [1.807, 2.05) is 0 Å². The Morgan fingerprint density at radius 2 is 1.67 bits per heavy atom. The summed E-state index contributed by atoms with van der Waals surface area (Å²) in [4.78, 5) is 42.3. The first kappa shape index (κ1) is 23.3. The molecule has 0 saturated carbocycles. The van der Waals surface area contributed by atoms with Crippen molar-refractivity contribution < 1.29 is 33.3 Å². The van der Waals surface area contributed by atoms with Crippen LogP contribution < -0.4 is 9.64 Å². The molecule has 1 aliphatic heterocycles. The molecule has 0 spiro atoms. The van der Waals surface area contributed by atoms with E-state index < -0.39 is 17.9 Å². The van der Waals surface area contributed by atoms with Crippen LogP contribution in [0.1, 0.15) is 17.3 Å². The molecule has 9 nitrogen and oxygen atoms in total. The molecule has 0 radical (unpaired) electrons. The molecule has 1 aromatic heterocycles. The maximum atomic E-state index is 12.5. The first-order valence-electron chi connectivity index (χ1n) is 9.94. The third-order valence-electron chi connectivity index (χ3n) is 4.47. The van der Waals surface area contributed by atoms with E-state index in [1.165, 1.54) is 43.5 Å². The fraction of sp³-hybridized carbons (Fsp3) is 0.167. The van der Waals surface area contributed by atoms with Gasteiger partial charge in [0.05, 0.1) is 32.0 Å². The highest BCUT2D eigenvalue weighted by Crippen LogP contribution is 2.29. The normalized spacial score (nSPS) is 12.8. The third-order valence-corrected chi connectivity index (χ3v) is 4.47. The lowest BCUT2D eigenvalue weighted by molar-refractivity contribution is -0.139. The number of anilines is 1. The predicted octanol–water partition coefficient (Wildman–Crippen LogP) is 3.54. The maximum Gasteiger partial charge on any atom is 0.355 e. The van der Waals surface area contributed by atoms with Crippen molar-refractivity contribution in [2.24, 2.45) is 0 Å². The minimum absolute atomic E-state index is 0.00632. The zero-order valence-electron chi connectivity index (χ0n) is 18.3. The number of allylic oxidation sites excluding steroid dienone is 2. The Hall–Kier alpha value is -4.40. The number of benzene rings is 1. The Kier molecular flexibility index (Phi) is 7.59. The van der Waals surface area contributed by atoms with Crippen molar-refractivity contribution in [2.45, 2.75) is 6.92 Å². The highest BCUT2D eigenvalue weighted by molar-refractivity contribution is 6.05. The molecule has 0 aliphatic carbocycles.